The summed E-state index contributed by atoms with van der Waals surface area (Å²) in [5, 5.41) is 3.59. The van der Waals surface area contributed by atoms with Crippen LogP contribution in [0.4, 0.5) is 0 Å². The van der Waals surface area contributed by atoms with Crippen molar-refractivity contribution < 1.29 is 4.79 Å². The van der Waals surface area contributed by atoms with E-state index in [4.69, 9.17) is 17.3 Å². The quantitative estimate of drug-likeness (QED) is 0.758. The third-order valence-corrected chi connectivity index (χ3v) is 3.60. The minimum atomic E-state index is 0.0807. The highest BCUT2D eigenvalue weighted by Crippen LogP contribution is 2.20. The molecule has 0 fully saturated rings. The minimum Gasteiger partial charge on any atom is -0.356 e. The number of thioether (sulfide) groups is 1. The molecule has 100 valence electrons. The molecule has 0 bridgehead atoms. The zero-order valence-corrected chi connectivity index (χ0v) is 12.1. The maximum Gasteiger partial charge on any atom is 0.220 e. The third kappa shape index (κ3) is 6.89. The molecule has 3 N–H and O–H groups in total. The van der Waals surface area contributed by atoms with Crippen molar-refractivity contribution in [3.05, 3.63) is 29.3 Å². The van der Waals surface area contributed by atoms with Gasteiger partial charge in [-0.3, -0.25) is 4.79 Å². The molecule has 1 aromatic carbocycles. The molecule has 1 aromatic rings. The second-order valence-corrected chi connectivity index (χ2v) is 5.77. The van der Waals surface area contributed by atoms with E-state index in [1.807, 2.05) is 31.2 Å². The molecular formula is C13H19ClN2OS. The first-order chi connectivity index (χ1) is 8.58. The fraction of sp³-hybridized carbons (Fsp3) is 0.462. The highest BCUT2D eigenvalue weighted by Gasteiger charge is 2.02. The summed E-state index contributed by atoms with van der Waals surface area (Å²) < 4.78 is 0. The van der Waals surface area contributed by atoms with Gasteiger partial charge in [0, 0.05) is 34.7 Å². The van der Waals surface area contributed by atoms with Crippen molar-refractivity contribution in [2.75, 3.05) is 12.3 Å². The lowest BCUT2D eigenvalue weighted by Gasteiger charge is -2.07. The summed E-state index contributed by atoms with van der Waals surface area (Å²) >= 11 is 7.45. The molecule has 0 saturated carbocycles. The Morgan fingerprint density at radius 3 is 2.72 bits per heavy atom. The van der Waals surface area contributed by atoms with Gasteiger partial charge in [-0.15, -0.1) is 11.8 Å². The van der Waals surface area contributed by atoms with Gasteiger partial charge in [0.25, 0.3) is 0 Å². The molecule has 5 heteroatoms. The van der Waals surface area contributed by atoms with Crippen LogP contribution in [0, 0.1) is 0 Å². The number of hydrogen-bond donors (Lipinski definition) is 2. The predicted molar refractivity (Wildman–Crippen MR) is 78.1 cm³/mol. The standard InChI is InChI=1S/C13H19ClN2OS/c1-10(15)6-8-16-13(17)7-9-18-12-4-2-11(14)3-5-12/h2-5,10H,6-9,15H2,1H3,(H,16,17). The number of carbonyl (C=O) groups is 1. The van der Waals surface area contributed by atoms with E-state index in [-0.39, 0.29) is 11.9 Å². The van der Waals surface area contributed by atoms with Gasteiger partial charge in [-0.2, -0.15) is 0 Å². The van der Waals surface area contributed by atoms with Gasteiger partial charge < -0.3 is 11.1 Å². The molecule has 0 heterocycles. The van der Waals surface area contributed by atoms with Crippen LogP contribution in [0.2, 0.25) is 5.02 Å². The molecule has 3 nitrogen and oxygen atoms in total. The highest BCUT2D eigenvalue weighted by molar-refractivity contribution is 7.99. The lowest BCUT2D eigenvalue weighted by atomic mass is 10.2. The SMILES string of the molecule is CC(N)CCNC(=O)CCSc1ccc(Cl)cc1. The molecule has 18 heavy (non-hydrogen) atoms. The highest BCUT2D eigenvalue weighted by atomic mass is 35.5. The van der Waals surface area contributed by atoms with Crippen LogP contribution in [0.3, 0.4) is 0 Å². The lowest BCUT2D eigenvalue weighted by Crippen LogP contribution is -2.29. The number of halogens is 1. The van der Waals surface area contributed by atoms with E-state index in [1.165, 1.54) is 0 Å². The number of benzene rings is 1. The second kappa shape index (κ2) is 8.40. The average molecular weight is 287 g/mol. The van der Waals surface area contributed by atoms with Crippen molar-refractivity contribution in [3.8, 4) is 0 Å². The Morgan fingerprint density at radius 1 is 1.44 bits per heavy atom. The Hall–Kier alpha value is -0.710. The second-order valence-electron chi connectivity index (χ2n) is 4.17. The summed E-state index contributed by atoms with van der Waals surface area (Å²) in [6, 6.07) is 7.76. The lowest BCUT2D eigenvalue weighted by molar-refractivity contribution is -0.120. The number of amides is 1. The first kappa shape index (κ1) is 15.3. The van der Waals surface area contributed by atoms with Crippen LogP contribution in [0.5, 0.6) is 0 Å². The van der Waals surface area contributed by atoms with E-state index in [0.717, 1.165) is 22.1 Å². The molecule has 1 rings (SSSR count). The number of nitrogens with one attached hydrogen (secondary N) is 1. The zero-order chi connectivity index (χ0) is 13.4. The van der Waals surface area contributed by atoms with Crippen LogP contribution in [0.1, 0.15) is 19.8 Å². The summed E-state index contributed by atoms with van der Waals surface area (Å²) in [5.74, 6) is 0.850. The van der Waals surface area contributed by atoms with E-state index in [2.05, 4.69) is 5.32 Å². The van der Waals surface area contributed by atoms with Gasteiger partial charge in [-0.1, -0.05) is 11.6 Å². The first-order valence-electron chi connectivity index (χ1n) is 5.98. The Morgan fingerprint density at radius 2 is 2.11 bits per heavy atom. The molecule has 0 saturated heterocycles. The topological polar surface area (TPSA) is 55.1 Å². The summed E-state index contributed by atoms with van der Waals surface area (Å²) in [5.41, 5.74) is 5.60. The normalized spacial score (nSPS) is 12.2. The molecule has 0 aliphatic heterocycles. The molecule has 0 aliphatic carbocycles. The zero-order valence-electron chi connectivity index (χ0n) is 10.5. The molecular weight excluding hydrogens is 268 g/mol. The van der Waals surface area contributed by atoms with Crippen LogP contribution in [-0.4, -0.2) is 24.2 Å². The molecule has 0 aromatic heterocycles. The minimum absolute atomic E-state index is 0.0807. The molecule has 0 aliphatic rings. The largest absolute Gasteiger partial charge is 0.356 e. The van der Waals surface area contributed by atoms with Crippen molar-refractivity contribution in [2.24, 2.45) is 5.73 Å². The van der Waals surface area contributed by atoms with E-state index in [1.54, 1.807) is 11.8 Å². The maximum atomic E-state index is 11.5. The van der Waals surface area contributed by atoms with Gasteiger partial charge in [0.2, 0.25) is 5.91 Å². The molecule has 1 atom stereocenters. The Bertz CT molecular complexity index is 368. The predicted octanol–water partition coefficient (Wildman–Crippen LogP) is 2.68. The summed E-state index contributed by atoms with van der Waals surface area (Å²) in [7, 11) is 0. The average Bonchev–Trinajstić information content (AvgIpc) is 2.31. The van der Waals surface area contributed by atoms with Gasteiger partial charge in [-0.05, 0) is 37.6 Å². The Labute approximate surface area is 117 Å². The van der Waals surface area contributed by atoms with Crippen LogP contribution < -0.4 is 11.1 Å². The summed E-state index contributed by atoms with van der Waals surface area (Å²) in [6.07, 6.45) is 1.34. The van der Waals surface area contributed by atoms with E-state index in [9.17, 15) is 4.79 Å². The fourth-order valence-electron chi connectivity index (χ4n) is 1.32. The van der Waals surface area contributed by atoms with Crippen LogP contribution >= 0.6 is 23.4 Å². The summed E-state index contributed by atoms with van der Waals surface area (Å²) in [4.78, 5) is 12.6. The number of rotatable bonds is 7. The van der Waals surface area contributed by atoms with E-state index in [0.29, 0.717) is 13.0 Å². The van der Waals surface area contributed by atoms with Gasteiger partial charge in [0.05, 0.1) is 0 Å². The van der Waals surface area contributed by atoms with Gasteiger partial charge in [-0.25, -0.2) is 0 Å². The van der Waals surface area contributed by atoms with Crippen molar-refractivity contribution in [1.29, 1.82) is 0 Å². The molecule has 1 amide bonds. The van der Waals surface area contributed by atoms with Crippen LogP contribution in [0.15, 0.2) is 29.2 Å². The number of hydrogen-bond acceptors (Lipinski definition) is 3. The Kier molecular flexibility index (Phi) is 7.16. The monoisotopic (exact) mass is 286 g/mol. The first-order valence-corrected chi connectivity index (χ1v) is 7.35. The molecule has 0 radical (unpaired) electrons. The maximum absolute atomic E-state index is 11.5. The van der Waals surface area contributed by atoms with Crippen LogP contribution in [-0.2, 0) is 4.79 Å². The van der Waals surface area contributed by atoms with Crippen LogP contribution in [0.25, 0.3) is 0 Å². The fourth-order valence-corrected chi connectivity index (χ4v) is 2.30. The van der Waals surface area contributed by atoms with Gasteiger partial charge in [0.1, 0.15) is 0 Å². The van der Waals surface area contributed by atoms with E-state index < -0.39 is 0 Å². The van der Waals surface area contributed by atoms with Crippen molar-refractivity contribution in [3.63, 3.8) is 0 Å². The Balaban J connectivity index is 2.13. The van der Waals surface area contributed by atoms with E-state index >= 15 is 0 Å². The number of nitrogens with two attached hydrogens (primary N) is 1. The third-order valence-electron chi connectivity index (χ3n) is 2.33. The molecule has 1 unspecified atom stereocenters. The van der Waals surface area contributed by atoms with Crippen molar-refractivity contribution >= 4 is 29.3 Å². The smallest absolute Gasteiger partial charge is 0.220 e. The van der Waals surface area contributed by atoms with Gasteiger partial charge >= 0.3 is 0 Å². The van der Waals surface area contributed by atoms with Crippen molar-refractivity contribution in [1.82, 2.24) is 5.32 Å². The molecule has 0 spiro atoms. The van der Waals surface area contributed by atoms with Crippen molar-refractivity contribution in [2.45, 2.75) is 30.7 Å². The summed E-state index contributed by atoms with van der Waals surface area (Å²) in [6.45, 7) is 2.59. The van der Waals surface area contributed by atoms with Gasteiger partial charge in [0.15, 0.2) is 0 Å². The number of carbonyl (C=O) groups excluding carboxylic acids is 1.